The van der Waals surface area contributed by atoms with E-state index in [1.807, 2.05) is 59.7 Å². The van der Waals surface area contributed by atoms with E-state index in [1.165, 1.54) is 68.7 Å². The Morgan fingerprint density at radius 2 is 0.866 bits per heavy atom. The number of alkyl halides is 2. The fourth-order valence-corrected chi connectivity index (χ4v) is 15.5. The largest absolute Gasteiger partial charge is 0.505 e. The van der Waals surface area contributed by atoms with E-state index in [-0.39, 0.29) is 123 Å². The Bertz CT molecular complexity index is 4710. The maximum Gasteiger partial charge on any atom is 0.272 e. The Kier molecular flexibility index (Phi) is 25.2. The number of nitrogens with zero attached hydrogens (tertiary/aromatic N) is 3. The van der Waals surface area contributed by atoms with Crippen LogP contribution in [0.15, 0.2) is 116 Å². The number of halogens is 2. The van der Waals surface area contributed by atoms with Crippen molar-refractivity contribution in [2.45, 2.75) is 137 Å². The molecule has 32 heteroatoms. The fraction of sp³-hybridized carbons (Fsp3) is 0.400. The molecule has 26 nitrogen and oxygen atoms in total. The highest BCUT2D eigenvalue weighted by molar-refractivity contribution is 7.91. The normalized spacial score (nSPS) is 12.8. The first-order valence-corrected chi connectivity index (χ1v) is 34.4. The molecule has 0 saturated heterocycles. The highest BCUT2D eigenvalue weighted by Gasteiger charge is 2.41. The second-order valence-corrected chi connectivity index (χ2v) is 29.2. The number of para-hydroxylation sites is 1. The molecule has 0 fully saturated rings. The number of amides is 1. The maximum absolute atomic E-state index is 14.2. The van der Waals surface area contributed by atoms with Crippen LogP contribution >= 0.6 is 22.7 Å². The molecule has 528 valence electrons. The highest BCUT2D eigenvalue weighted by atomic mass is 32.3. The van der Waals surface area contributed by atoms with Gasteiger partial charge in [0.2, 0.25) is 0 Å². The third-order valence-corrected chi connectivity index (χ3v) is 22.2. The summed E-state index contributed by atoms with van der Waals surface area (Å²) in [7, 11) is -4.74. The Labute approximate surface area is 567 Å². The minimum atomic E-state index is -3.88. The van der Waals surface area contributed by atoms with Gasteiger partial charge in [-0.1, -0.05) is 76.3 Å². The summed E-state index contributed by atoms with van der Waals surface area (Å²) in [4.78, 5) is 86.7. The van der Waals surface area contributed by atoms with Gasteiger partial charge in [-0.05, 0) is 81.1 Å². The van der Waals surface area contributed by atoms with E-state index in [2.05, 4.69) is 31.9 Å². The number of aryl methyl sites for hydroxylation is 3. The first-order chi connectivity index (χ1) is 44.4. The van der Waals surface area contributed by atoms with Crippen molar-refractivity contribution in [3.63, 3.8) is 0 Å². The smallest absolute Gasteiger partial charge is 0.272 e. The molecule has 9 rings (SSSR count). The summed E-state index contributed by atoms with van der Waals surface area (Å²) in [6, 6.07) is 11.9. The molecule has 0 saturated carbocycles. The van der Waals surface area contributed by atoms with Crippen molar-refractivity contribution < 1.29 is 59.0 Å². The van der Waals surface area contributed by atoms with Crippen LogP contribution in [0.3, 0.4) is 0 Å². The topological polar surface area (TPSA) is 370 Å². The second kappa shape index (κ2) is 31.1. The van der Waals surface area contributed by atoms with Crippen molar-refractivity contribution in [2.24, 2.45) is 5.41 Å². The van der Waals surface area contributed by atoms with Crippen LogP contribution in [0.4, 0.5) is 60.0 Å². The Morgan fingerprint density at radius 3 is 1.21 bits per heavy atom. The van der Waals surface area contributed by atoms with Crippen LogP contribution in [-0.2, 0) is 20.0 Å². The van der Waals surface area contributed by atoms with Crippen molar-refractivity contribution in [1.82, 2.24) is 13.5 Å². The van der Waals surface area contributed by atoms with Gasteiger partial charge in [-0.25, -0.2) is 25.6 Å². The molecular weight excluding hydrogens is 1350 g/mol. The van der Waals surface area contributed by atoms with Crippen LogP contribution in [0.2, 0.25) is 0 Å². The summed E-state index contributed by atoms with van der Waals surface area (Å²) in [6.07, 6.45) is 0.598. The van der Waals surface area contributed by atoms with Crippen LogP contribution in [0, 0.1) is 26.2 Å². The van der Waals surface area contributed by atoms with Crippen molar-refractivity contribution >= 4 is 99.8 Å². The zero-order chi connectivity index (χ0) is 70.7. The number of carbonyl (C=O) groups excluding carboxylic acids is 1. The lowest BCUT2D eigenvalue weighted by Crippen LogP contribution is -2.40. The number of carbonyl (C=O) groups is 1. The summed E-state index contributed by atoms with van der Waals surface area (Å²) in [5.41, 5.74) is -5.72. The SMILES string of the molecule is C.C.CCN(CC)S(=O)(=O)c1scc(Nc2c(N[C@@H](c3ccc(C)o3)C(C)(C)C)c(=O)c2=O)c1O.CC[C@@H](Nc1c(Nc2csc(S(=O)(=O)N(CC)CC)c2O)c(=O)c1=O)c1ccc(C)o1.Cc1ccc([C@H](Nc2c(Nc3cccc(C(=O)N(C)C)c3O)c(=O)c2=O)C(C)(F)F)o1. The van der Waals surface area contributed by atoms with E-state index in [0.717, 1.165) is 34.2 Å². The molecule has 0 bridgehead atoms. The summed E-state index contributed by atoms with van der Waals surface area (Å²) < 4.78 is 98.1. The summed E-state index contributed by atoms with van der Waals surface area (Å²) >= 11 is 1.69. The number of nitrogens with one attached hydrogen (secondary N) is 6. The van der Waals surface area contributed by atoms with E-state index < -0.39 is 93.8 Å². The van der Waals surface area contributed by atoms with Crippen LogP contribution in [0.1, 0.15) is 147 Å². The molecule has 3 atom stereocenters. The molecule has 5 aromatic heterocycles. The van der Waals surface area contributed by atoms with E-state index in [4.69, 9.17) is 13.3 Å². The van der Waals surface area contributed by atoms with Gasteiger partial charge in [0.25, 0.3) is 64.4 Å². The molecule has 0 radical (unpaired) electrons. The summed E-state index contributed by atoms with van der Waals surface area (Å²) in [5.74, 6) is -2.24. The van der Waals surface area contributed by atoms with Gasteiger partial charge in [0.1, 0.15) is 74.7 Å². The van der Waals surface area contributed by atoms with E-state index >= 15 is 0 Å². The fourth-order valence-electron chi connectivity index (χ4n) is 9.84. The molecule has 0 unspecified atom stereocenters. The van der Waals surface area contributed by atoms with Gasteiger partial charge in [-0.15, -0.1) is 22.7 Å². The lowest BCUT2D eigenvalue weighted by atomic mass is 9.85. The van der Waals surface area contributed by atoms with Gasteiger partial charge in [-0.2, -0.15) is 8.61 Å². The van der Waals surface area contributed by atoms with Gasteiger partial charge in [0, 0.05) is 58.0 Å². The molecule has 9 N–H and O–H groups in total. The van der Waals surface area contributed by atoms with Crippen LogP contribution in [-0.4, -0.2) is 97.8 Å². The lowest BCUT2D eigenvalue weighted by Gasteiger charge is -2.31. The molecule has 97 heavy (non-hydrogen) atoms. The minimum absolute atomic E-state index is 0. The maximum atomic E-state index is 14.2. The van der Waals surface area contributed by atoms with Gasteiger partial charge in [0.05, 0.1) is 34.7 Å². The van der Waals surface area contributed by atoms with Gasteiger partial charge < -0.3 is 65.4 Å². The number of furan rings is 3. The quantitative estimate of drug-likeness (QED) is 0.0180. The number of sulfonamides is 2. The molecular formula is C65H83F2N9O17S4. The Morgan fingerprint density at radius 1 is 0.515 bits per heavy atom. The first-order valence-electron chi connectivity index (χ1n) is 29.7. The van der Waals surface area contributed by atoms with Crippen molar-refractivity contribution in [3.05, 3.63) is 167 Å². The zero-order valence-corrected chi connectivity index (χ0v) is 57.7. The number of phenolic OH excluding ortho intramolecular Hbond substituents is 1. The monoisotopic (exact) mass is 1430 g/mol. The standard InChI is InChI=1S/C22H29N3O6S2.C21H21F2N3O5.C20H25N3O6S2.2CH4/c1-7-25(8-2)33(29,30)21-17(26)13(11-32-21)23-15-16(19(28)18(15)27)24-20(22(4,5)6)14-10-9-12(3)31-14;1-10-8-9-13(31-10)19(21(2,22)23)25-15-14(17(28)18(15)29)24-12-7-5-6-11(16(12)27)20(30)26(3)4;1-5-12(14-9-8-11(4)29-14)21-15-16(19(26)18(15)25)22-13-10-30-20(17(13)24)31(27,28)23(6-2)7-3;;/h9-11,20,23-24,26H,7-8H2,1-6H3;5-9,19,24-25,27H,1-4H3;8-10,12,21-22,24H,5-7H2,1-4H3;2*1H4/t20-;19-;12-;;/m001../s1. The number of phenols is 1. The number of benzene rings is 1. The average Bonchev–Trinajstić information content (AvgIpc) is 1.29. The first kappa shape index (κ1) is 78.7. The highest BCUT2D eigenvalue weighted by Crippen LogP contribution is 2.45. The lowest BCUT2D eigenvalue weighted by molar-refractivity contribution is -0.00543. The number of hydrogen-bond donors (Lipinski definition) is 9. The number of rotatable bonds is 26. The molecule has 9 aromatic rings. The molecule has 1 amide bonds. The van der Waals surface area contributed by atoms with Crippen molar-refractivity contribution in [3.8, 4) is 17.2 Å². The van der Waals surface area contributed by atoms with E-state index in [1.54, 1.807) is 40.7 Å². The number of anilines is 9. The number of hydrogen-bond acceptors (Lipinski definition) is 25. The molecule has 0 aliphatic rings. The second-order valence-electron chi connectivity index (χ2n) is 23.2. The number of aromatic hydroxyl groups is 3. The van der Waals surface area contributed by atoms with E-state index in [9.17, 15) is 74.5 Å². The third-order valence-electron chi connectivity index (χ3n) is 15.1. The average molecular weight is 1430 g/mol. The predicted molar refractivity (Wildman–Crippen MR) is 375 cm³/mol. The molecule has 4 aromatic carbocycles. The third kappa shape index (κ3) is 16.4. The van der Waals surface area contributed by atoms with E-state index in [0.29, 0.717) is 30.6 Å². The predicted octanol–water partition coefficient (Wildman–Crippen LogP) is 11.6. The van der Waals surface area contributed by atoms with Crippen LogP contribution in [0.25, 0.3) is 0 Å². The number of thiophene rings is 2. The van der Waals surface area contributed by atoms with Gasteiger partial charge in [-0.3, -0.25) is 33.6 Å². The van der Waals surface area contributed by atoms with Crippen molar-refractivity contribution in [1.29, 1.82) is 0 Å². The summed E-state index contributed by atoms with van der Waals surface area (Å²) in [5, 5.41) is 50.9. The van der Waals surface area contributed by atoms with Gasteiger partial charge >= 0.3 is 0 Å². The van der Waals surface area contributed by atoms with Crippen molar-refractivity contribution in [2.75, 3.05) is 72.2 Å². The van der Waals surface area contributed by atoms with Gasteiger partial charge in [0.15, 0.2) is 25.7 Å². The Balaban J connectivity index is 0.000000260. The minimum Gasteiger partial charge on any atom is -0.505 e. The van der Waals surface area contributed by atoms with Crippen LogP contribution < -0.4 is 64.5 Å². The molecule has 0 aliphatic heterocycles. The summed E-state index contributed by atoms with van der Waals surface area (Å²) in [6.45, 7) is 21.5. The zero-order valence-electron chi connectivity index (χ0n) is 54.4. The van der Waals surface area contributed by atoms with Crippen LogP contribution in [0.5, 0.6) is 17.2 Å². The Hall–Kier alpha value is -8.95. The molecule has 5 heterocycles. The molecule has 0 spiro atoms. The molecule has 0 aliphatic carbocycles.